The third kappa shape index (κ3) is 23.0. The average molecular weight is 1340 g/mol. The van der Waals surface area contributed by atoms with Gasteiger partial charge in [-0.15, -0.1) is 0 Å². The van der Waals surface area contributed by atoms with E-state index in [0.29, 0.717) is 67.9 Å². The van der Waals surface area contributed by atoms with Gasteiger partial charge in [-0.25, -0.2) is 0 Å². The molecule has 4 amide bonds. The zero-order valence-electron chi connectivity index (χ0n) is 47.7. The van der Waals surface area contributed by atoms with Crippen molar-refractivity contribution in [3.8, 4) is 40.2 Å². The van der Waals surface area contributed by atoms with E-state index in [2.05, 4.69) is 46.6 Å². The topological polar surface area (TPSA) is 366 Å². The number of aromatic nitrogens is 4. The second-order valence-corrected chi connectivity index (χ2v) is 21.8. The molecule has 0 atom stereocenters. The van der Waals surface area contributed by atoms with Gasteiger partial charge in [-0.2, -0.15) is 0 Å². The monoisotopic (exact) mass is 1340 g/mol. The number of carbonyl (C=O) groups is 4. The second kappa shape index (κ2) is 36.3. The number of nitro benzene ring substituents is 2. The van der Waals surface area contributed by atoms with Gasteiger partial charge in [0.25, 0.3) is 35.0 Å². The quantitative estimate of drug-likeness (QED) is 0.0175. The number of hydrogen-bond acceptors (Lipinski definition) is 19. The van der Waals surface area contributed by atoms with Gasteiger partial charge >= 0.3 is 36.7 Å². The molecule has 0 unspecified atom stereocenters. The summed E-state index contributed by atoms with van der Waals surface area (Å²) >= 11 is 4.80. The van der Waals surface area contributed by atoms with Gasteiger partial charge in [0.15, 0.2) is 0 Å². The second-order valence-electron chi connectivity index (χ2n) is 17.2. The number of nitrogens with zero attached hydrogens (tertiary/aromatic N) is 6. The molecule has 0 saturated heterocycles. The predicted molar refractivity (Wildman–Crippen MR) is 330 cm³/mol. The van der Waals surface area contributed by atoms with Gasteiger partial charge in [0.2, 0.25) is 0 Å². The first-order valence-electron chi connectivity index (χ1n) is 24.9. The van der Waals surface area contributed by atoms with Crippen molar-refractivity contribution < 1.29 is 48.3 Å². The summed E-state index contributed by atoms with van der Waals surface area (Å²) in [6.07, 6.45) is 6.00. The first-order chi connectivity index (χ1) is 40.9. The van der Waals surface area contributed by atoms with E-state index < -0.39 is 28.7 Å². The molecule has 0 saturated carbocycles. The van der Waals surface area contributed by atoms with E-state index in [1.165, 1.54) is 68.2 Å². The van der Waals surface area contributed by atoms with E-state index >= 15 is 0 Å². The minimum atomic E-state index is -0.826. The van der Waals surface area contributed by atoms with E-state index in [-0.39, 0.29) is 46.4 Å². The van der Waals surface area contributed by atoms with Crippen LogP contribution in [0.1, 0.15) is 69.8 Å². The summed E-state index contributed by atoms with van der Waals surface area (Å²) in [5.74, 6) is 7.55. The number of non-ortho nitro benzene ring substituents is 2. The molecular weight excluding hydrogens is 1280 g/mol. The number of hydrazine groups is 1. The molecule has 0 spiro atoms. The van der Waals surface area contributed by atoms with E-state index in [1.807, 2.05) is 45.0 Å². The Morgan fingerprint density at radius 2 is 0.895 bits per heavy atom. The molecule has 4 aromatic carbocycles. The van der Waals surface area contributed by atoms with Crippen LogP contribution in [0.15, 0.2) is 140 Å². The third-order valence-corrected chi connectivity index (χ3v) is 11.4. The zero-order chi connectivity index (χ0) is 64.0. The van der Waals surface area contributed by atoms with Crippen LogP contribution in [0.5, 0.6) is 40.2 Å². The molecule has 86 heavy (non-hydrogen) atoms. The average Bonchev–Trinajstić information content (AvgIpc) is 3.42. The Morgan fingerprint density at radius 1 is 0.523 bits per heavy atom. The molecule has 450 valence electrons. The van der Waals surface area contributed by atoms with E-state index in [9.17, 15) is 39.4 Å². The van der Waals surface area contributed by atoms with Gasteiger partial charge in [0.1, 0.15) is 63.0 Å². The number of rotatable bonds is 13. The number of benzene rings is 4. The van der Waals surface area contributed by atoms with Gasteiger partial charge < -0.3 is 51.7 Å². The van der Waals surface area contributed by atoms with Crippen molar-refractivity contribution in [1.82, 2.24) is 41.2 Å². The van der Waals surface area contributed by atoms with Gasteiger partial charge in [0, 0.05) is 106 Å². The van der Waals surface area contributed by atoms with Gasteiger partial charge in [0.05, 0.1) is 27.7 Å². The SMILES string of the molecule is CNC(=O)c1cc(Cl)ccn1.CNC(=O)c1cc(Oc2c(C)ccc(NN)c2C)ccn1.CNC(=O)c1cc(Oc2cc(N)ccc2C)ccn1.CNC(=O)c1cc(Oc2cc([N+](=O)[O-])ccc2C)ccn1.Cc1ccc([N+](=O)[O-])cc1O.[Cl][Sn][Cl]. The Hall–Kier alpha value is -9.41. The summed E-state index contributed by atoms with van der Waals surface area (Å²) in [5, 5.41) is 40.5. The molecule has 4 heterocycles. The molecule has 8 rings (SSSR count). The van der Waals surface area contributed by atoms with Crippen molar-refractivity contribution in [2.24, 2.45) is 5.84 Å². The van der Waals surface area contributed by atoms with E-state index in [0.717, 1.165) is 34.0 Å². The first-order valence-corrected chi connectivity index (χ1v) is 32.5. The summed E-state index contributed by atoms with van der Waals surface area (Å²) in [4.78, 5) is 81.2. The number of nitrogens with two attached hydrogens (primary N) is 2. The van der Waals surface area contributed by atoms with E-state index in [4.69, 9.17) is 60.3 Å². The third-order valence-electron chi connectivity index (χ3n) is 11.2. The van der Waals surface area contributed by atoms with Crippen LogP contribution in [0.4, 0.5) is 22.7 Å². The number of phenols is 1. The molecule has 0 fully saturated rings. The molecule has 0 bridgehead atoms. The number of nitro groups is 2. The number of ether oxygens (including phenoxy) is 3. The summed E-state index contributed by atoms with van der Waals surface area (Å²) in [6, 6.07) is 30.3. The van der Waals surface area contributed by atoms with Crippen LogP contribution in [0.25, 0.3) is 0 Å². The number of pyridine rings is 4. The van der Waals surface area contributed by atoms with Crippen LogP contribution >= 0.6 is 29.4 Å². The Morgan fingerprint density at radius 3 is 1.30 bits per heavy atom. The molecule has 29 heteroatoms. The minimum absolute atomic E-state index is 0.0424. The van der Waals surface area contributed by atoms with Crippen LogP contribution in [-0.4, -0.2) is 106 Å². The number of nitrogen functional groups attached to an aromatic ring is 2. The number of anilines is 2. The zero-order valence-corrected chi connectivity index (χ0v) is 52.8. The van der Waals surface area contributed by atoms with Crippen LogP contribution in [0.2, 0.25) is 5.02 Å². The summed E-state index contributed by atoms with van der Waals surface area (Å²) in [7, 11) is 16.0. The summed E-state index contributed by atoms with van der Waals surface area (Å²) in [6.45, 7) is 9.25. The standard InChI is InChI=1S/C15H18N4O2.C14H13N3O4.C14H15N3O2.C7H7ClN2O.C7H7NO3.2ClH.Sn/c1-9-4-5-12(19-16)10(2)14(9)21-11-6-7-18-13(8-11)15(20)17-3;1-9-3-4-10(17(19)20)7-13(9)21-11-5-6-16-12(8-11)14(18)15-2;1-9-3-4-10(15)7-13(9)19-11-5-6-17-12(8-11)14(18)16-2;1-9-7(11)6-4-5(8)2-3-10-6;1-5-2-3-6(8(10)11)4-7(5)9;;;/h4-8,19H,16H2,1-3H3,(H,17,20);3-8H,1-2H3,(H,15,18);3-8H,15H2,1-2H3,(H,16,18);2-4H,1H3,(H,9,11);2-4,9H,1H3;2*1H;/q;;;;;;;+2/p-2. The van der Waals surface area contributed by atoms with Crippen LogP contribution in [0.3, 0.4) is 0 Å². The van der Waals surface area contributed by atoms with Crippen LogP contribution in [0, 0.1) is 54.8 Å². The molecule has 8 aromatic rings. The molecule has 25 nitrogen and oxygen atoms in total. The number of phenolic OH excluding ortho intramolecular Hbond substituents is 1. The predicted octanol–water partition coefficient (Wildman–Crippen LogP) is 10.4. The number of halogens is 3. The van der Waals surface area contributed by atoms with Gasteiger partial charge in [-0.3, -0.25) is 65.2 Å². The fourth-order valence-corrected chi connectivity index (χ4v) is 6.76. The fourth-order valence-electron chi connectivity index (χ4n) is 6.60. The summed E-state index contributed by atoms with van der Waals surface area (Å²) < 4.78 is 17.2. The molecule has 0 aliphatic rings. The molecular formula is C57H60Cl3N13O12Sn. The molecule has 4 aromatic heterocycles. The van der Waals surface area contributed by atoms with Crippen molar-refractivity contribution in [3.63, 3.8) is 0 Å². The van der Waals surface area contributed by atoms with Crippen molar-refractivity contribution in [1.29, 1.82) is 0 Å². The maximum atomic E-state index is 11.6. The number of hydrogen-bond donors (Lipinski definition) is 8. The Balaban J connectivity index is 0.000000284. The van der Waals surface area contributed by atoms with E-state index in [1.54, 1.807) is 83.5 Å². The Labute approximate surface area is 517 Å². The normalized spacial score (nSPS) is 9.73. The van der Waals surface area contributed by atoms with Gasteiger partial charge in [-0.05, 0) is 111 Å². The number of carbonyl (C=O) groups excluding carboxylic acids is 4. The van der Waals surface area contributed by atoms with Crippen LogP contribution < -0.4 is 52.5 Å². The fraction of sp³-hybridized carbons (Fsp3) is 0.158. The van der Waals surface area contributed by atoms with Crippen molar-refractivity contribution in [3.05, 3.63) is 216 Å². The van der Waals surface area contributed by atoms with Crippen molar-refractivity contribution >= 4 is 94.7 Å². The first kappa shape index (κ1) is 70.9. The number of aryl methyl sites for hydroxylation is 4. The molecule has 0 aliphatic carbocycles. The maximum absolute atomic E-state index is 11.6. The number of aromatic hydroxyl groups is 1. The Bertz CT molecular complexity index is 3650. The number of nitrogens with one attached hydrogen (secondary N) is 5. The number of amides is 4. The van der Waals surface area contributed by atoms with Crippen molar-refractivity contribution in [2.75, 3.05) is 39.4 Å². The van der Waals surface area contributed by atoms with Crippen LogP contribution in [-0.2, 0) is 0 Å². The molecule has 2 radical (unpaired) electrons. The van der Waals surface area contributed by atoms with Crippen molar-refractivity contribution in [2.45, 2.75) is 34.6 Å². The molecule has 0 aliphatic heterocycles. The Kier molecular flexibility index (Phi) is 29.9. The molecule has 10 N–H and O–H groups in total. The summed E-state index contributed by atoms with van der Waals surface area (Å²) in [5.41, 5.74) is 15.0. The van der Waals surface area contributed by atoms with Gasteiger partial charge in [-0.1, -0.05) is 23.7 Å².